The van der Waals surface area contributed by atoms with E-state index in [0.717, 1.165) is 11.1 Å². The lowest BCUT2D eigenvalue weighted by atomic mass is 10.2. The molecule has 0 aliphatic rings. The number of halogens is 1. The van der Waals surface area contributed by atoms with E-state index in [1.807, 2.05) is 48.5 Å². The molecule has 0 fully saturated rings. The third-order valence-electron chi connectivity index (χ3n) is 2.54. The molecule has 3 nitrogen and oxygen atoms in total. The molecule has 0 aromatic heterocycles. The minimum Gasteiger partial charge on any atom is -0.444 e. The van der Waals surface area contributed by atoms with Crippen molar-refractivity contribution in [1.29, 1.82) is 0 Å². The molecule has 4 heteroatoms. The zero-order valence-electron chi connectivity index (χ0n) is 10.3. The summed E-state index contributed by atoms with van der Waals surface area (Å²) in [6, 6.07) is 16.9. The van der Waals surface area contributed by atoms with Crippen LogP contribution in [0.2, 0.25) is 0 Å². The first-order valence-corrected chi connectivity index (χ1v) is 6.44. The van der Waals surface area contributed by atoms with Gasteiger partial charge in [0.25, 0.3) is 0 Å². The summed E-state index contributed by atoms with van der Waals surface area (Å²) in [5.74, 6) is 0.411. The average Bonchev–Trinajstić information content (AvgIpc) is 2.46. The lowest BCUT2D eigenvalue weighted by Crippen LogP contribution is -2.13. The Kier molecular flexibility index (Phi) is 4.81. The fourth-order valence-corrected chi connectivity index (χ4v) is 1.78. The second-order valence-corrected chi connectivity index (χ2v) is 4.29. The minimum atomic E-state index is -0.476. The van der Waals surface area contributed by atoms with Crippen molar-refractivity contribution >= 4 is 23.4 Å². The molecule has 0 saturated heterocycles. The molecular weight excluding hydrogens is 262 g/mol. The molecule has 0 radical (unpaired) electrons. The predicted octanol–water partition coefficient (Wildman–Crippen LogP) is 4.17. The van der Waals surface area contributed by atoms with E-state index >= 15 is 0 Å². The summed E-state index contributed by atoms with van der Waals surface area (Å²) in [6.45, 7) is 0.252. The number of rotatable bonds is 4. The molecule has 19 heavy (non-hydrogen) atoms. The molecule has 1 amide bonds. The standard InChI is InChI=1S/C15H14ClNO2/c16-10-13-7-4-8-14(9-13)17-15(18)19-11-12-5-2-1-3-6-12/h1-9H,10-11H2,(H,17,18). The zero-order chi connectivity index (χ0) is 13.5. The highest BCUT2D eigenvalue weighted by Gasteiger charge is 2.04. The van der Waals surface area contributed by atoms with Crippen LogP contribution in [-0.4, -0.2) is 6.09 Å². The molecule has 0 saturated carbocycles. The Morgan fingerprint density at radius 2 is 1.79 bits per heavy atom. The lowest BCUT2D eigenvalue weighted by molar-refractivity contribution is 0.155. The molecule has 0 aliphatic heterocycles. The van der Waals surface area contributed by atoms with E-state index in [0.29, 0.717) is 11.6 Å². The Bertz CT molecular complexity index is 543. The number of hydrogen-bond acceptors (Lipinski definition) is 2. The maximum Gasteiger partial charge on any atom is 0.411 e. The number of amides is 1. The Labute approximate surface area is 117 Å². The summed E-state index contributed by atoms with van der Waals surface area (Å²) >= 11 is 5.73. The third-order valence-corrected chi connectivity index (χ3v) is 2.85. The summed E-state index contributed by atoms with van der Waals surface area (Å²) in [5.41, 5.74) is 2.57. The summed E-state index contributed by atoms with van der Waals surface area (Å²) in [6.07, 6.45) is -0.476. The molecule has 0 atom stereocenters. The molecule has 2 rings (SSSR count). The highest BCUT2D eigenvalue weighted by atomic mass is 35.5. The first-order valence-electron chi connectivity index (χ1n) is 5.90. The summed E-state index contributed by atoms with van der Waals surface area (Å²) in [4.78, 5) is 11.6. The van der Waals surface area contributed by atoms with Crippen molar-refractivity contribution in [2.45, 2.75) is 12.5 Å². The van der Waals surface area contributed by atoms with Crippen LogP contribution in [-0.2, 0) is 17.2 Å². The highest BCUT2D eigenvalue weighted by molar-refractivity contribution is 6.17. The molecule has 0 heterocycles. The van der Waals surface area contributed by atoms with E-state index in [1.165, 1.54) is 0 Å². The topological polar surface area (TPSA) is 38.3 Å². The van der Waals surface area contributed by atoms with Gasteiger partial charge >= 0.3 is 6.09 Å². The van der Waals surface area contributed by atoms with Gasteiger partial charge < -0.3 is 4.74 Å². The molecule has 0 spiro atoms. The van der Waals surface area contributed by atoms with Gasteiger partial charge in [0.2, 0.25) is 0 Å². The van der Waals surface area contributed by atoms with Gasteiger partial charge in [-0.2, -0.15) is 0 Å². The van der Waals surface area contributed by atoms with E-state index in [4.69, 9.17) is 16.3 Å². The van der Waals surface area contributed by atoms with Gasteiger partial charge in [0.1, 0.15) is 6.61 Å². The molecule has 2 aromatic rings. The van der Waals surface area contributed by atoms with E-state index in [2.05, 4.69) is 5.32 Å². The van der Waals surface area contributed by atoms with Crippen molar-refractivity contribution in [3.63, 3.8) is 0 Å². The second-order valence-electron chi connectivity index (χ2n) is 4.02. The summed E-state index contributed by atoms with van der Waals surface area (Å²) in [5, 5.41) is 2.67. The smallest absolute Gasteiger partial charge is 0.411 e. The molecule has 0 bridgehead atoms. The van der Waals surface area contributed by atoms with Crippen molar-refractivity contribution in [2.75, 3.05) is 5.32 Å². The average molecular weight is 276 g/mol. The number of benzene rings is 2. The van der Waals surface area contributed by atoms with E-state index in [-0.39, 0.29) is 6.61 Å². The normalized spacial score (nSPS) is 9.95. The molecule has 2 aromatic carbocycles. The van der Waals surface area contributed by atoms with Crippen molar-refractivity contribution in [2.24, 2.45) is 0 Å². The molecule has 1 N–H and O–H groups in total. The summed E-state index contributed by atoms with van der Waals surface area (Å²) in [7, 11) is 0. The van der Waals surface area contributed by atoms with E-state index in [9.17, 15) is 4.79 Å². The third kappa shape index (κ3) is 4.30. The van der Waals surface area contributed by atoms with Crippen LogP contribution < -0.4 is 5.32 Å². The molecule has 0 aliphatic carbocycles. The predicted molar refractivity (Wildman–Crippen MR) is 76.2 cm³/mol. The van der Waals surface area contributed by atoms with Crippen molar-refractivity contribution in [3.05, 3.63) is 65.7 Å². The van der Waals surface area contributed by atoms with Gasteiger partial charge in [0.15, 0.2) is 0 Å². The van der Waals surface area contributed by atoms with Gasteiger partial charge in [-0.3, -0.25) is 5.32 Å². The number of carbonyl (C=O) groups is 1. The lowest BCUT2D eigenvalue weighted by Gasteiger charge is -2.07. The monoisotopic (exact) mass is 275 g/mol. The second kappa shape index (κ2) is 6.81. The Morgan fingerprint density at radius 3 is 2.53 bits per heavy atom. The van der Waals surface area contributed by atoms with Crippen LogP contribution in [0.25, 0.3) is 0 Å². The largest absolute Gasteiger partial charge is 0.444 e. The van der Waals surface area contributed by atoms with Crippen LogP contribution in [0.5, 0.6) is 0 Å². The van der Waals surface area contributed by atoms with Crippen LogP contribution in [0, 0.1) is 0 Å². The van der Waals surface area contributed by atoms with E-state index < -0.39 is 6.09 Å². The maximum absolute atomic E-state index is 11.6. The van der Waals surface area contributed by atoms with Crippen LogP contribution in [0.1, 0.15) is 11.1 Å². The van der Waals surface area contributed by atoms with Gasteiger partial charge in [-0.25, -0.2) is 4.79 Å². The van der Waals surface area contributed by atoms with Gasteiger partial charge in [0, 0.05) is 11.6 Å². The molecule has 98 valence electrons. The zero-order valence-corrected chi connectivity index (χ0v) is 11.1. The van der Waals surface area contributed by atoms with Gasteiger partial charge in [-0.05, 0) is 23.3 Å². The van der Waals surface area contributed by atoms with E-state index in [1.54, 1.807) is 6.07 Å². The van der Waals surface area contributed by atoms with Crippen LogP contribution in [0.15, 0.2) is 54.6 Å². The highest BCUT2D eigenvalue weighted by Crippen LogP contribution is 2.13. The first-order chi connectivity index (χ1) is 9.28. The fourth-order valence-electron chi connectivity index (χ4n) is 1.61. The van der Waals surface area contributed by atoms with Crippen LogP contribution in [0.3, 0.4) is 0 Å². The van der Waals surface area contributed by atoms with Gasteiger partial charge in [-0.15, -0.1) is 11.6 Å². The number of ether oxygens (including phenoxy) is 1. The number of hydrogen-bond donors (Lipinski definition) is 1. The maximum atomic E-state index is 11.6. The Balaban J connectivity index is 1.87. The van der Waals surface area contributed by atoms with Crippen molar-refractivity contribution < 1.29 is 9.53 Å². The quantitative estimate of drug-likeness (QED) is 0.850. The Hall–Kier alpha value is -2.00. The number of anilines is 1. The molecular formula is C15H14ClNO2. The Morgan fingerprint density at radius 1 is 1.05 bits per heavy atom. The van der Waals surface area contributed by atoms with Crippen molar-refractivity contribution in [1.82, 2.24) is 0 Å². The van der Waals surface area contributed by atoms with Gasteiger partial charge in [-0.1, -0.05) is 42.5 Å². The van der Waals surface area contributed by atoms with Crippen molar-refractivity contribution in [3.8, 4) is 0 Å². The number of carbonyl (C=O) groups excluding carboxylic acids is 1. The van der Waals surface area contributed by atoms with Crippen LogP contribution in [0.4, 0.5) is 10.5 Å². The fraction of sp³-hybridized carbons (Fsp3) is 0.133. The van der Waals surface area contributed by atoms with Gasteiger partial charge in [0.05, 0.1) is 0 Å². The first kappa shape index (κ1) is 13.4. The number of alkyl halides is 1. The summed E-state index contributed by atoms with van der Waals surface area (Å²) < 4.78 is 5.12. The van der Waals surface area contributed by atoms with Crippen LogP contribution >= 0.6 is 11.6 Å². The minimum absolute atomic E-state index is 0.252. The number of nitrogens with one attached hydrogen (secondary N) is 1. The molecule has 0 unspecified atom stereocenters. The SMILES string of the molecule is O=C(Nc1cccc(CCl)c1)OCc1ccccc1.